The van der Waals surface area contributed by atoms with Crippen molar-refractivity contribution in [1.29, 1.82) is 0 Å². The van der Waals surface area contributed by atoms with Crippen LogP contribution in [0.3, 0.4) is 0 Å². The molecular formula is C13H15NO. The van der Waals surface area contributed by atoms with Gasteiger partial charge in [0.1, 0.15) is 0 Å². The normalized spacial score (nSPS) is 13.0. The molecular weight excluding hydrogens is 186 g/mol. The predicted octanol–water partition coefficient (Wildman–Crippen LogP) is 2.85. The van der Waals surface area contributed by atoms with Crippen LogP contribution in [0.5, 0.6) is 0 Å². The smallest absolute Gasteiger partial charge is 0.0771 e. The number of aliphatic hydroxyl groups excluding tert-OH is 1. The fourth-order valence-corrected chi connectivity index (χ4v) is 1.98. The summed E-state index contributed by atoms with van der Waals surface area (Å²) in [5.74, 6) is 0. The second kappa shape index (κ2) is 3.99. The summed E-state index contributed by atoms with van der Waals surface area (Å²) in [4.78, 5) is 4.38. The molecule has 2 heteroatoms. The molecule has 0 fully saturated rings. The molecule has 1 aromatic heterocycles. The number of pyridine rings is 1. The first kappa shape index (κ1) is 10.1. The monoisotopic (exact) mass is 201 g/mol. The van der Waals surface area contributed by atoms with E-state index < -0.39 is 6.10 Å². The van der Waals surface area contributed by atoms with E-state index in [1.54, 1.807) is 6.92 Å². The molecule has 1 heterocycles. The fourth-order valence-electron chi connectivity index (χ4n) is 1.98. The number of rotatable bonds is 2. The molecule has 1 unspecified atom stereocenters. The average molecular weight is 201 g/mol. The van der Waals surface area contributed by atoms with Crippen LogP contribution in [-0.2, 0) is 6.42 Å². The highest BCUT2D eigenvalue weighted by molar-refractivity contribution is 5.83. The van der Waals surface area contributed by atoms with E-state index in [1.165, 1.54) is 0 Å². The van der Waals surface area contributed by atoms with Gasteiger partial charge in [0.15, 0.2) is 0 Å². The van der Waals surface area contributed by atoms with Gasteiger partial charge < -0.3 is 5.11 Å². The fraction of sp³-hybridized carbons (Fsp3) is 0.308. The third-order valence-electron chi connectivity index (χ3n) is 2.70. The molecule has 15 heavy (non-hydrogen) atoms. The molecule has 0 saturated heterocycles. The van der Waals surface area contributed by atoms with Crippen molar-refractivity contribution in [3.05, 3.63) is 41.6 Å². The highest BCUT2D eigenvalue weighted by Crippen LogP contribution is 2.26. The molecule has 0 aliphatic rings. The molecule has 0 aliphatic heterocycles. The van der Waals surface area contributed by atoms with E-state index in [2.05, 4.69) is 11.9 Å². The number of aromatic nitrogens is 1. The van der Waals surface area contributed by atoms with Gasteiger partial charge in [0.05, 0.1) is 11.6 Å². The standard InChI is InChI=1S/C13H15NO/c1-3-10-8-14-12-7-5-4-6-11(12)13(10)9(2)15/h4-9,15H,3H2,1-2H3. The van der Waals surface area contributed by atoms with E-state index in [1.807, 2.05) is 30.5 Å². The van der Waals surface area contributed by atoms with Crippen LogP contribution in [-0.4, -0.2) is 10.1 Å². The van der Waals surface area contributed by atoms with Crippen molar-refractivity contribution in [3.63, 3.8) is 0 Å². The summed E-state index contributed by atoms with van der Waals surface area (Å²) < 4.78 is 0. The van der Waals surface area contributed by atoms with Gasteiger partial charge >= 0.3 is 0 Å². The Morgan fingerprint density at radius 1 is 1.33 bits per heavy atom. The van der Waals surface area contributed by atoms with E-state index in [-0.39, 0.29) is 0 Å². The summed E-state index contributed by atoms with van der Waals surface area (Å²) in [7, 11) is 0. The summed E-state index contributed by atoms with van der Waals surface area (Å²) in [6.45, 7) is 3.89. The van der Waals surface area contributed by atoms with Crippen LogP contribution in [0.15, 0.2) is 30.5 Å². The van der Waals surface area contributed by atoms with Crippen LogP contribution in [0.1, 0.15) is 31.1 Å². The number of benzene rings is 1. The number of hydrogen-bond acceptors (Lipinski definition) is 2. The van der Waals surface area contributed by atoms with Crippen LogP contribution in [0, 0.1) is 0 Å². The lowest BCUT2D eigenvalue weighted by atomic mass is 9.98. The molecule has 0 aliphatic carbocycles. The number of fused-ring (bicyclic) bond motifs is 1. The Kier molecular flexibility index (Phi) is 2.69. The third-order valence-corrected chi connectivity index (χ3v) is 2.70. The topological polar surface area (TPSA) is 33.1 Å². The molecule has 0 bridgehead atoms. The first-order valence-electron chi connectivity index (χ1n) is 5.28. The summed E-state index contributed by atoms with van der Waals surface area (Å²) in [6, 6.07) is 7.94. The quantitative estimate of drug-likeness (QED) is 0.810. The van der Waals surface area contributed by atoms with Crippen LogP contribution in [0.4, 0.5) is 0 Å². The van der Waals surface area contributed by atoms with Crippen molar-refractivity contribution >= 4 is 10.9 Å². The SMILES string of the molecule is CCc1cnc2ccccc2c1C(C)O. The molecule has 78 valence electrons. The zero-order valence-electron chi connectivity index (χ0n) is 9.07. The maximum Gasteiger partial charge on any atom is 0.0771 e. The largest absolute Gasteiger partial charge is 0.389 e. The van der Waals surface area contributed by atoms with Crippen LogP contribution < -0.4 is 0 Å². The predicted molar refractivity (Wildman–Crippen MR) is 61.8 cm³/mol. The molecule has 0 spiro atoms. The molecule has 0 amide bonds. The van der Waals surface area contributed by atoms with Gasteiger partial charge in [0.2, 0.25) is 0 Å². The minimum absolute atomic E-state index is 0.437. The molecule has 0 radical (unpaired) electrons. The molecule has 2 aromatic rings. The van der Waals surface area contributed by atoms with Gasteiger partial charge in [-0.15, -0.1) is 0 Å². The molecule has 1 aromatic carbocycles. The van der Waals surface area contributed by atoms with Crippen LogP contribution in [0.2, 0.25) is 0 Å². The van der Waals surface area contributed by atoms with E-state index in [4.69, 9.17) is 0 Å². The van der Waals surface area contributed by atoms with Gasteiger partial charge in [-0.3, -0.25) is 4.98 Å². The van der Waals surface area contributed by atoms with Crippen molar-refractivity contribution in [2.75, 3.05) is 0 Å². The Bertz CT molecular complexity index is 477. The van der Waals surface area contributed by atoms with E-state index in [0.29, 0.717) is 0 Å². The van der Waals surface area contributed by atoms with Gasteiger partial charge in [-0.05, 0) is 30.5 Å². The lowest BCUT2D eigenvalue weighted by molar-refractivity contribution is 0.200. The zero-order valence-corrected chi connectivity index (χ0v) is 9.07. The van der Waals surface area contributed by atoms with Crippen LogP contribution in [0.25, 0.3) is 10.9 Å². The molecule has 0 saturated carbocycles. The Morgan fingerprint density at radius 3 is 2.73 bits per heavy atom. The first-order valence-corrected chi connectivity index (χ1v) is 5.28. The number of aliphatic hydroxyl groups is 1. The zero-order chi connectivity index (χ0) is 10.8. The number of aryl methyl sites for hydroxylation is 1. The molecule has 1 atom stereocenters. The highest BCUT2D eigenvalue weighted by atomic mass is 16.3. The average Bonchev–Trinajstić information content (AvgIpc) is 2.27. The molecule has 1 N–H and O–H groups in total. The number of nitrogens with zero attached hydrogens (tertiary/aromatic N) is 1. The lowest BCUT2D eigenvalue weighted by Crippen LogP contribution is -2.00. The molecule has 2 rings (SSSR count). The number of para-hydroxylation sites is 1. The van der Waals surface area contributed by atoms with E-state index in [0.717, 1.165) is 28.5 Å². The summed E-state index contributed by atoms with van der Waals surface area (Å²) in [5, 5.41) is 10.9. The van der Waals surface area contributed by atoms with Crippen molar-refractivity contribution in [2.24, 2.45) is 0 Å². The Hall–Kier alpha value is -1.41. The van der Waals surface area contributed by atoms with Crippen LogP contribution >= 0.6 is 0 Å². The van der Waals surface area contributed by atoms with Gasteiger partial charge in [-0.1, -0.05) is 25.1 Å². The van der Waals surface area contributed by atoms with Gasteiger partial charge in [0.25, 0.3) is 0 Å². The van der Waals surface area contributed by atoms with Crippen molar-refractivity contribution in [1.82, 2.24) is 4.98 Å². The summed E-state index contributed by atoms with van der Waals surface area (Å²) in [5.41, 5.74) is 3.09. The van der Waals surface area contributed by atoms with Gasteiger partial charge in [0, 0.05) is 11.6 Å². The second-order valence-corrected chi connectivity index (χ2v) is 3.74. The van der Waals surface area contributed by atoms with Crippen molar-refractivity contribution in [2.45, 2.75) is 26.4 Å². The highest BCUT2D eigenvalue weighted by Gasteiger charge is 2.11. The Labute approximate surface area is 89.6 Å². The lowest BCUT2D eigenvalue weighted by Gasteiger charge is -2.13. The maximum atomic E-state index is 9.81. The van der Waals surface area contributed by atoms with Crippen molar-refractivity contribution < 1.29 is 5.11 Å². The van der Waals surface area contributed by atoms with Gasteiger partial charge in [-0.25, -0.2) is 0 Å². The first-order chi connectivity index (χ1) is 7.24. The second-order valence-electron chi connectivity index (χ2n) is 3.74. The minimum Gasteiger partial charge on any atom is -0.389 e. The van der Waals surface area contributed by atoms with E-state index in [9.17, 15) is 5.11 Å². The Balaban J connectivity index is 2.79. The molecule has 2 nitrogen and oxygen atoms in total. The van der Waals surface area contributed by atoms with Crippen molar-refractivity contribution in [3.8, 4) is 0 Å². The Morgan fingerprint density at radius 2 is 2.07 bits per heavy atom. The minimum atomic E-state index is -0.437. The van der Waals surface area contributed by atoms with Gasteiger partial charge in [-0.2, -0.15) is 0 Å². The number of hydrogen-bond donors (Lipinski definition) is 1. The van der Waals surface area contributed by atoms with E-state index >= 15 is 0 Å². The third kappa shape index (κ3) is 1.73. The summed E-state index contributed by atoms with van der Waals surface area (Å²) in [6.07, 6.45) is 2.33. The summed E-state index contributed by atoms with van der Waals surface area (Å²) >= 11 is 0. The maximum absolute atomic E-state index is 9.81.